The quantitative estimate of drug-likeness (QED) is 0.634. The molecule has 0 aliphatic heterocycles. The minimum absolute atomic E-state index is 0.701. The molecule has 0 heterocycles. The first-order chi connectivity index (χ1) is 9.72. The highest BCUT2D eigenvalue weighted by Crippen LogP contribution is 2.13. The van der Waals surface area contributed by atoms with Gasteiger partial charge in [0.15, 0.2) is 0 Å². The summed E-state index contributed by atoms with van der Waals surface area (Å²) in [7, 11) is 0. The highest BCUT2D eigenvalue weighted by atomic mass is 16.5. The fourth-order valence-electron chi connectivity index (χ4n) is 1.87. The molecule has 0 atom stereocenters. The zero-order chi connectivity index (χ0) is 14.6. The molecule has 0 radical (unpaired) electrons. The van der Waals surface area contributed by atoms with E-state index < -0.39 is 0 Å². The maximum atomic E-state index is 5.70. The van der Waals surface area contributed by atoms with E-state index in [2.05, 4.69) is 50.4 Å². The van der Waals surface area contributed by atoms with Crippen molar-refractivity contribution in [1.82, 2.24) is 5.32 Å². The van der Waals surface area contributed by atoms with Crippen LogP contribution in [0.5, 0.6) is 5.75 Å². The second-order valence-corrected chi connectivity index (χ2v) is 5.58. The van der Waals surface area contributed by atoms with Crippen molar-refractivity contribution in [2.45, 2.75) is 40.0 Å². The van der Waals surface area contributed by atoms with Gasteiger partial charge in [-0.05, 0) is 36.6 Å². The molecular weight excluding hydrogens is 246 g/mol. The smallest absolute Gasteiger partial charge is 0.119 e. The van der Waals surface area contributed by atoms with Gasteiger partial charge in [0.2, 0.25) is 0 Å². The summed E-state index contributed by atoms with van der Waals surface area (Å²) in [5.74, 6) is 1.67. The highest BCUT2D eigenvalue weighted by molar-refractivity contribution is 5.50. The number of unbranched alkanes of at least 4 members (excludes halogenated alkanes) is 2. The van der Waals surface area contributed by atoms with Crippen molar-refractivity contribution in [3.63, 3.8) is 0 Å². The molecule has 0 unspecified atom stereocenters. The van der Waals surface area contributed by atoms with Crippen LogP contribution in [0.4, 0.5) is 0 Å². The number of ether oxygens (including phenoxy) is 1. The van der Waals surface area contributed by atoms with Gasteiger partial charge in [-0.2, -0.15) is 0 Å². The van der Waals surface area contributed by atoms with Gasteiger partial charge in [-0.3, -0.25) is 0 Å². The zero-order valence-corrected chi connectivity index (χ0v) is 13.2. The van der Waals surface area contributed by atoms with Crippen LogP contribution in [-0.2, 0) is 0 Å². The topological polar surface area (TPSA) is 21.3 Å². The maximum absolute atomic E-state index is 5.70. The molecule has 2 heteroatoms. The SMILES string of the molecule is CCCCCOc1ccc(C=CCNCC(C)C)cc1. The summed E-state index contributed by atoms with van der Waals surface area (Å²) < 4.78 is 5.70. The van der Waals surface area contributed by atoms with Gasteiger partial charge >= 0.3 is 0 Å². The summed E-state index contributed by atoms with van der Waals surface area (Å²) in [6.07, 6.45) is 7.93. The Balaban J connectivity index is 2.25. The first-order valence-electron chi connectivity index (χ1n) is 7.82. The van der Waals surface area contributed by atoms with Gasteiger partial charge in [0.1, 0.15) is 5.75 Å². The molecule has 0 aromatic heterocycles. The Morgan fingerprint density at radius 1 is 1.15 bits per heavy atom. The van der Waals surface area contributed by atoms with E-state index in [0.29, 0.717) is 5.92 Å². The van der Waals surface area contributed by atoms with Crippen LogP contribution in [-0.4, -0.2) is 19.7 Å². The summed E-state index contributed by atoms with van der Waals surface area (Å²) in [4.78, 5) is 0. The summed E-state index contributed by atoms with van der Waals surface area (Å²) in [6.45, 7) is 9.45. The summed E-state index contributed by atoms with van der Waals surface area (Å²) in [6, 6.07) is 8.31. The monoisotopic (exact) mass is 275 g/mol. The van der Waals surface area contributed by atoms with E-state index in [1.165, 1.54) is 18.4 Å². The summed E-state index contributed by atoms with van der Waals surface area (Å²) >= 11 is 0. The fraction of sp³-hybridized carbons (Fsp3) is 0.556. The molecule has 0 spiro atoms. The van der Waals surface area contributed by atoms with E-state index in [1.54, 1.807) is 0 Å². The molecule has 112 valence electrons. The van der Waals surface area contributed by atoms with Crippen molar-refractivity contribution in [1.29, 1.82) is 0 Å². The minimum Gasteiger partial charge on any atom is -0.494 e. The van der Waals surface area contributed by atoms with Gasteiger partial charge in [-0.1, -0.05) is 57.9 Å². The van der Waals surface area contributed by atoms with Crippen molar-refractivity contribution >= 4 is 6.08 Å². The molecule has 0 aliphatic rings. The molecule has 0 bridgehead atoms. The van der Waals surface area contributed by atoms with Crippen LogP contribution in [0, 0.1) is 5.92 Å². The lowest BCUT2D eigenvalue weighted by molar-refractivity contribution is 0.306. The van der Waals surface area contributed by atoms with E-state index in [1.807, 2.05) is 12.1 Å². The van der Waals surface area contributed by atoms with Crippen molar-refractivity contribution in [2.75, 3.05) is 19.7 Å². The van der Waals surface area contributed by atoms with Gasteiger partial charge in [-0.15, -0.1) is 0 Å². The van der Waals surface area contributed by atoms with Crippen molar-refractivity contribution < 1.29 is 4.74 Å². The van der Waals surface area contributed by atoms with Gasteiger partial charge in [-0.25, -0.2) is 0 Å². The summed E-state index contributed by atoms with van der Waals surface area (Å²) in [5, 5.41) is 3.39. The molecule has 0 saturated carbocycles. The first kappa shape index (κ1) is 16.8. The van der Waals surface area contributed by atoms with Crippen LogP contribution < -0.4 is 10.1 Å². The van der Waals surface area contributed by atoms with E-state index >= 15 is 0 Å². The lowest BCUT2D eigenvalue weighted by Gasteiger charge is -2.06. The zero-order valence-electron chi connectivity index (χ0n) is 13.2. The Hall–Kier alpha value is -1.28. The van der Waals surface area contributed by atoms with Crippen LogP contribution in [0.2, 0.25) is 0 Å². The first-order valence-corrected chi connectivity index (χ1v) is 7.82. The lowest BCUT2D eigenvalue weighted by Crippen LogP contribution is -2.19. The molecule has 2 nitrogen and oxygen atoms in total. The molecule has 0 saturated heterocycles. The number of hydrogen-bond acceptors (Lipinski definition) is 2. The number of benzene rings is 1. The van der Waals surface area contributed by atoms with Crippen molar-refractivity contribution in [3.05, 3.63) is 35.9 Å². The second-order valence-electron chi connectivity index (χ2n) is 5.58. The average Bonchev–Trinajstić information content (AvgIpc) is 2.44. The number of hydrogen-bond donors (Lipinski definition) is 1. The van der Waals surface area contributed by atoms with Crippen molar-refractivity contribution in [3.8, 4) is 5.75 Å². The standard InChI is InChI=1S/C18H29NO/c1-4-5-6-14-20-18-11-9-17(10-12-18)8-7-13-19-15-16(2)3/h7-12,16,19H,4-6,13-15H2,1-3H3. The van der Waals surface area contributed by atoms with Gasteiger partial charge < -0.3 is 10.1 Å². The Morgan fingerprint density at radius 2 is 1.90 bits per heavy atom. The van der Waals surface area contributed by atoms with Crippen LogP contribution in [0.1, 0.15) is 45.6 Å². The Morgan fingerprint density at radius 3 is 2.55 bits per heavy atom. The highest BCUT2D eigenvalue weighted by Gasteiger charge is 1.94. The summed E-state index contributed by atoms with van der Waals surface area (Å²) in [5.41, 5.74) is 1.22. The largest absolute Gasteiger partial charge is 0.494 e. The third kappa shape index (κ3) is 8.00. The van der Waals surface area contributed by atoms with Crippen LogP contribution >= 0.6 is 0 Å². The average molecular weight is 275 g/mol. The third-order valence-corrected chi connectivity index (χ3v) is 3.02. The third-order valence-electron chi connectivity index (χ3n) is 3.02. The number of rotatable bonds is 10. The van der Waals surface area contributed by atoms with E-state index in [9.17, 15) is 0 Å². The predicted molar refractivity (Wildman–Crippen MR) is 88.2 cm³/mol. The van der Waals surface area contributed by atoms with E-state index in [0.717, 1.165) is 31.9 Å². The lowest BCUT2D eigenvalue weighted by atomic mass is 10.2. The molecule has 0 fully saturated rings. The van der Waals surface area contributed by atoms with E-state index in [-0.39, 0.29) is 0 Å². The van der Waals surface area contributed by atoms with Gasteiger partial charge in [0.05, 0.1) is 6.61 Å². The normalized spacial score (nSPS) is 11.4. The number of nitrogens with one attached hydrogen (secondary N) is 1. The maximum Gasteiger partial charge on any atom is 0.119 e. The molecule has 0 aliphatic carbocycles. The predicted octanol–water partition coefficient (Wildman–Crippen LogP) is 4.51. The molecule has 1 N–H and O–H groups in total. The van der Waals surface area contributed by atoms with E-state index in [4.69, 9.17) is 4.74 Å². The van der Waals surface area contributed by atoms with Crippen LogP contribution in [0.15, 0.2) is 30.3 Å². The minimum atomic E-state index is 0.701. The fourth-order valence-corrected chi connectivity index (χ4v) is 1.87. The van der Waals surface area contributed by atoms with Gasteiger partial charge in [0.25, 0.3) is 0 Å². The van der Waals surface area contributed by atoms with Gasteiger partial charge in [0, 0.05) is 6.54 Å². The van der Waals surface area contributed by atoms with Crippen molar-refractivity contribution in [2.24, 2.45) is 5.92 Å². The molecule has 0 amide bonds. The molecule has 1 aromatic carbocycles. The van der Waals surface area contributed by atoms with Crippen LogP contribution in [0.25, 0.3) is 6.08 Å². The second kappa shape index (κ2) is 10.5. The Bertz CT molecular complexity index is 368. The Labute approximate surface area is 124 Å². The Kier molecular flexibility index (Phi) is 8.81. The molecule has 20 heavy (non-hydrogen) atoms. The molecule has 1 rings (SSSR count). The van der Waals surface area contributed by atoms with Crippen LogP contribution in [0.3, 0.4) is 0 Å². The molecule has 1 aromatic rings. The molecular formula is C18H29NO.